The molecule has 0 aliphatic carbocycles. The van der Waals surface area contributed by atoms with Crippen molar-refractivity contribution in [3.8, 4) is 0 Å². The van der Waals surface area contributed by atoms with E-state index in [2.05, 4.69) is 0 Å². The topological polar surface area (TPSA) is 74.3 Å². The second kappa shape index (κ2) is 11.7. The lowest BCUT2D eigenvalue weighted by Crippen LogP contribution is -2.55. The van der Waals surface area contributed by atoms with E-state index in [1.165, 1.54) is 0 Å². The highest BCUT2D eigenvalue weighted by Gasteiger charge is 2.52. The number of rotatable bonds is 12. The van der Waals surface area contributed by atoms with Crippen molar-refractivity contribution < 1.29 is 28.0 Å². The zero-order valence-electron chi connectivity index (χ0n) is 19.5. The molecule has 0 aliphatic heterocycles. The zero-order chi connectivity index (χ0) is 22.2. The van der Waals surface area contributed by atoms with Crippen molar-refractivity contribution in [2.75, 3.05) is 19.8 Å². The normalized spacial score (nSPS) is 15.5. The number of esters is 1. The number of unbranched alkanes of at least 4 members (excludes halogenated alkanes) is 1. The molecule has 2 atom stereocenters. The Bertz CT molecular complexity index is 502. The van der Waals surface area contributed by atoms with Gasteiger partial charge >= 0.3 is 13.6 Å². The summed E-state index contributed by atoms with van der Waals surface area (Å²) in [7, 11) is -3.57. The number of hydrogen-bond acceptors (Lipinski definition) is 7. The first-order valence-electron chi connectivity index (χ1n) is 10.3. The average Bonchev–Trinajstić information content (AvgIpc) is 2.52. The smallest absolute Gasteiger partial charge is 0.350 e. The first-order chi connectivity index (χ1) is 12.7. The van der Waals surface area contributed by atoms with Crippen LogP contribution in [0.5, 0.6) is 0 Å². The largest absolute Gasteiger partial charge is 0.464 e. The van der Waals surface area contributed by atoms with Crippen LogP contribution in [0.2, 0.25) is 0 Å². The van der Waals surface area contributed by atoms with Crippen LogP contribution in [-0.2, 0) is 28.0 Å². The van der Waals surface area contributed by atoms with Gasteiger partial charge in [-0.15, -0.1) is 0 Å². The van der Waals surface area contributed by atoms with Crippen LogP contribution in [0.1, 0.15) is 82.1 Å². The lowest BCUT2D eigenvalue weighted by atomic mass is 9.94. The molecule has 8 heteroatoms. The summed E-state index contributed by atoms with van der Waals surface area (Å²) in [5.74, 6) is -1.16. The van der Waals surface area contributed by atoms with Crippen LogP contribution < -0.4 is 0 Å². The molecule has 0 aromatic rings. The van der Waals surface area contributed by atoms with Crippen molar-refractivity contribution in [3.63, 3.8) is 0 Å². The van der Waals surface area contributed by atoms with Gasteiger partial charge in [-0.25, -0.2) is 4.79 Å². The summed E-state index contributed by atoms with van der Waals surface area (Å²) in [6, 6.07) is 0. The van der Waals surface area contributed by atoms with Crippen LogP contribution in [0.4, 0.5) is 0 Å². The van der Waals surface area contributed by atoms with Crippen LogP contribution in [0.15, 0.2) is 0 Å². The molecule has 0 amide bonds. The molecular formula is C20H42NO6P. The van der Waals surface area contributed by atoms with Crippen molar-refractivity contribution >= 4 is 13.6 Å². The maximum Gasteiger partial charge on any atom is 0.350 e. The highest BCUT2D eigenvalue weighted by Crippen LogP contribution is 2.60. The maximum atomic E-state index is 13.7. The number of hydrogen-bond donors (Lipinski definition) is 0. The van der Waals surface area contributed by atoms with Gasteiger partial charge < -0.3 is 13.8 Å². The number of nitrogens with zero attached hydrogens (tertiary/aromatic N) is 1. The molecule has 0 saturated carbocycles. The predicted octanol–water partition coefficient (Wildman–Crippen LogP) is 5.39. The van der Waals surface area contributed by atoms with Crippen molar-refractivity contribution in [2.45, 2.75) is 99.5 Å². The maximum absolute atomic E-state index is 13.7. The lowest BCUT2D eigenvalue weighted by molar-refractivity contribution is -0.263. The minimum absolute atomic E-state index is 0.246. The quantitative estimate of drug-likeness (QED) is 0.180. The molecule has 0 aromatic heterocycles. The van der Waals surface area contributed by atoms with E-state index < -0.39 is 36.4 Å². The van der Waals surface area contributed by atoms with Gasteiger partial charge in [-0.3, -0.25) is 9.40 Å². The van der Waals surface area contributed by atoms with Crippen molar-refractivity contribution in [1.29, 1.82) is 0 Å². The summed E-state index contributed by atoms with van der Waals surface area (Å²) in [6.07, 6.45) is 0.891. The molecule has 0 radical (unpaired) electrons. The molecule has 0 aromatic carbocycles. The third-order valence-electron chi connectivity index (χ3n) is 3.92. The van der Waals surface area contributed by atoms with Crippen LogP contribution in [0, 0.1) is 5.41 Å². The Morgan fingerprint density at radius 1 is 1.00 bits per heavy atom. The molecule has 0 bridgehead atoms. The first kappa shape index (κ1) is 27.5. The molecule has 0 spiro atoms. The Labute approximate surface area is 171 Å². The zero-order valence-corrected chi connectivity index (χ0v) is 20.4. The molecule has 0 N–H and O–H groups in total. The summed E-state index contributed by atoms with van der Waals surface area (Å²) in [5.41, 5.74) is -1.08. The second-order valence-electron chi connectivity index (χ2n) is 8.88. The number of ether oxygens (including phenoxy) is 1. The van der Waals surface area contributed by atoms with Gasteiger partial charge in [0.2, 0.25) is 0 Å². The lowest BCUT2D eigenvalue weighted by Gasteiger charge is -2.47. The van der Waals surface area contributed by atoms with Crippen molar-refractivity contribution in [2.24, 2.45) is 5.41 Å². The molecule has 28 heavy (non-hydrogen) atoms. The van der Waals surface area contributed by atoms with Gasteiger partial charge in [-0.2, -0.15) is 5.06 Å². The number of hydroxylamine groups is 2. The fraction of sp³-hybridized carbons (Fsp3) is 0.950. The van der Waals surface area contributed by atoms with Crippen molar-refractivity contribution in [3.05, 3.63) is 0 Å². The van der Waals surface area contributed by atoms with E-state index in [1.807, 2.05) is 48.5 Å². The Kier molecular flexibility index (Phi) is 11.5. The summed E-state index contributed by atoms with van der Waals surface area (Å²) in [4.78, 5) is 18.4. The Balaban J connectivity index is 5.89. The van der Waals surface area contributed by atoms with Gasteiger partial charge in [-0.1, -0.05) is 34.1 Å². The van der Waals surface area contributed by atoms with E-state index in [9.17, 15) is 9.36 Å². The van der Waals surface area contributed by atoms with E-state index >= 15 is 0 Å². The van der Waals surface area contributed by atoms with Gasteiger partial charge in [0.05, 0.1) is 19.8 Å². The summed E-state index contributed by atoms with van der Waals surface area (Å²) < 4.78 is 30.3. The monoisotopic (exact) mass is 423 g/mol. The van der Waals surface area contributed by atoms with Crippen molar-refractivity contribution in [1.82, 2.24) is 5.06 Å². The van der Waals surface area contributed by atoms with E-state index in [0.717, 1.165) is 12.8 Å². The fourth-order valence-corrected chi connectivity index (χ4v) is 5.41. The molecule has 0 heterocycles. The number of carbonyl (C=O) groups is 1. The Morgan fingerprint density at radius 3 is 1.86 bits per heavy atom. The van der Waals surface area contributed by atoms with Crippen LogP contribution in [-0.4, -0.2) is 48.3 Å². The molecule has 0 rings (SSSR count). The minimum Gasteiger partial charge on any atom is -0.464 e. The molecule has 2 unspecified atom stereocenters. The van der Waals surface area contributed by atoms with E-state index in [0.29, 0.717) is 6.61 Å². The molecular weight excluding hydrogens is 381 g/mol. The van der Waals surface area contributed by atoms with E-state index in [-0.39, 0.29) is 13.2 Å². The second-order valence-corrected chi connectivity index (χ2v) is 11.0. The van der Waals surface area contributed by atoms with Gasteiger partial charge in [0, 0.05) is 5.54 Å². The van der Waals surface area contributed by atoms with Gasteiger partial charge in [0.15, 0.2) is 6.10 Å². The molecule has 168 valence electrons. The standard InChI is InChI=1S/C20H42NO6P/c1-11-14-15-24-17(22)16(4)27-21(20(8,9)10)18(19(5,6)7)28(23,25-12-2)26-13-3/h16,18H,11-15H2,1-10H3. The predicted molar refractivity (Wildman–Crippen MR) is 112 cm³/mol. The SMILES string of the molecule is CCCCOC(=O)C(C)ON(C(C(C)(C)C)P(=O)(OCC)OCC)C(C)(C)C. The summed E-state index contributed by atoms with van der Waals surface area (Å²) in [5, 5.41) is 1.60. The molecule has 0 saturated heterocycles. The third kappa shape index (κ3) is 8.50. The summed E-state index contributed by atoms with van der Waals surface area (Å²) >= 11 is 0. The van der Waals surface area contributed by atoms with Crippen LogP contribution in [0.25, 0.3) is 0 Å². The fourth-order valence-electron chi connectivity index (χ4n) is 2.72. The first-order valence-corrected chi connectivity index (χ1v) is 11.9. The van der Waals surface area contributed by atoms with E-state index in [1.54, 1.807) is 25.8 Å². The molecule has 7 nitrogen and oxygen atoms in total. The van der Waals surface area contributed by atoms with Crippen LogP contribution in [0.3, 0.4) is 0 Å². The highest BCUT2D eigenvalue weighted by molar-refractivity contribution is 7.54. The summed E-state index contributed by atoms with van der Waals surface area (Å²) in [6.45, 7) is 19.7. The number of carbonyl (C=O) groups excluding carboxylic acids is 1. The molecule has 0 aliphatic rings. The minimum atomic E-state index is -3.57. The Morgan fingerprint density at radius 2 is 1.50 bits per heavy atom. The van der Waals surface area contributed by atoms with Gasteiger partial charge in [0.25, 0.3) is 0 Å². The molecule has 0 fully saturated rings. The average molecular weight is 424 g/mol. The Hall–Kier alpha value is -0.460. The van der Waals surface area contributed by atoms with Crippen LogP contribution >= 0.6 is 7.60 Å². The highest BCUT2D eigenvalue weighted by atomic mass is 31.2. The van der Waals surface area contributed by atoms with E-state index in [4.69, 9.17) is 18.6 Å². The third-order valence-corrected chi connectivity index (χ3v) is 6.74. The van der Waals surface area contributed by atoms with Gasteiger partial charge in [0.1, 0.15) is 5.78 Å². The van der Waals surface area contributed by atoms with Gasteiger partial charge in [-0.05, 0) is 53.4 Å².